The quantitative estimate of drug-likeness (QED) is 0.144. The summed E-state index contributed by atoms with van der Waals surface area (Å²) in [4.78, 5) is 25.6. The average Bonchev–Trinajstić information content (AvgIpc) is 3.04. The van der Waals surface area contributed by atoms with Crippen molar-refractivity contribution in [2.45, 2.75) is 25.2 Å². The van der Waals surface area contributed by atoms with Crippen LogP contribution >= 0.6 is 15.9 Å². The summed E-state index contributed by atoms with van der Waals surface area (Å²) < 4.78 is 51.5. The van der Waals surface area contributed by atoms with Crippen molar-refractivity contribution in [3.8, 4) is 28.4 Å². The van der Waals surface area contributed by atoms with Crippen molar-refractivity contribution >= 4 is 27.8 Å². The number of halogens is 4. The normalized spacial score (nSPS) is 11.8. The van der Waals surface area contributed by atoms with Gasteiger partial charge in [0.2, 0.25) is 0 Å². The molecule has 10 heteroatoms. The van der Waals surface area contributed by atoms with Gasteiger partial charge in [-0.15, -0.1) is 0 Å². The first-order chi connectivity index (χ1) is 22.1. The summed E-state index contributed by atoms with van der Waals surface area (Å²) in [5, 5.41) is 12.6. The second kappa shape index (κ2) is 14.3. The molecule has 0 fully saturated rings. The Labute approximate surface area is 271 Å². The minimum absolute atomic E-state index is 0.0975. The molecule has 0 spiro atoms. The van der Waals surface area contributed by atoms with E-state index in [1.54, 1.807) is 36.4 Å². The molecule has 5 rings (SSSR count). The van der Waals surface area contributed by atoms with E-state index >= 15 is 0 Å². The van der Waals surface area contributed by atoms with Crippen LogP contribution in [0.15, 0.2) is 126 Å². The second-order valence-electron chi connectivity index (χ2n) is 10.3. The highest BCUT2D eigenvalue weighted by atomic mass is 79.9. The minimum Gasteiger partial charge on any atom is -0.488 e. The number of nitrogens with one attached hydrogen (secondary N) is 1. The van der Waals surface area contributed by atoms with Crippen molar-refractivity contribution in [2.24, 2.45) is 0 Å². The number of ether oxygens (including phenoxy) is 2. The Bertz CT molecular complexity index is 1810. The van der Waals surface area contributed by atoms with E-state index in [1.165, 1.54) is 18.2 Å². The van der Waals surface area contributed by atoms with E-state index < -0.39 is 36.1 Å². The predicted octanol–water partition coefficient (Wildman–Crippen LogP) is 9.45. The Morgan fingerprint density at radius 3 is 2.13 bits per heavy atom. The number of carboxylic acid groups (broad SMARTS) is 1. The maximum atomic E-state index is 13.7. The molecule has 6 nitrogen and oxygen atoms in total. The van der Waals surface area contributed by atoms with Crippen LogP contribution in [-0.4, -0.2) is 17.0 Å². The molecule has 1 amide bonds. The number of hydrogen-bond acceptors (Lipinski definition) is 4. The first-order valence-corrected chi connectivity index (χ1v) is 14.9. The molecule has 0 saturated heterocycles. The number of amides is 1. The van der Waals surface area contributed by atoms with E-state index in [0.29, 0.717) is 27.1 Å². The zero-order valence-electron chi connectivity index (χ0n) is 24.1. The second-order valence-corrected chi connectivity index (χ2v) is 11.2. The lowest BCUT2D eigenvalue weighted by molar-refractivity contribution is -0.138. The van der Waals surface area contributed by atoms with Crippen LogP contribution in [0.4, 0.5) is 13.2 Å². The molecule has 46 heavy (non-hydrogen) atoms. The zero-order valence-corrected chi connectivity index (χ0v) is 25.7. The predicted molar refractivity (Wildman–Crippen MR) is 171 cm³/mol. The van der Waals surface area contributed by atoms with Crippen molar-refractivity contribution in [1.29, 1.82) is 0 Å². The van der Waals surface area contributed by atoms with Gasteiger partial charge in [0.25, 0.3) is 5.91 Å². The molecule has 5 aromatic rings. The summed E-state index contributed by atoms with van der Waals surface area (Å²) in [6.07, 6.45) is -4.88. The molecule has 1 atom stereocenters. The number of hydrogen-bond donors (Lipinski definition) is 2. The fourth-order valence-electron chi connectivity index (χ4n) is 4.73. The Morgan fingerprint density at radius 1 is 0.804 bits per heavy atom. The standard InChI is InChI=1S/C36H27BrF3NO5/c37-27-16-18-32(45-22-23-11-14-26(15-12-23)36(38,39)40)30(20-27)35(44)41-31(21-34(42)43)25-13-17-29(24-7-3-1-4-8-24)33(19-25)46-28-9-5-2-6-10-28/h1-20,31H,21-22H2,(H,41,44)(H,42,43). The van der Waals surface area contributed by atoms with Gasteiger partial charge >= 0.3 is 12.1 Å². The summed E-state index contributed by atoms with van der Waals surface area (Å²) in [7, 11) is 0. The molecule has 0 aliphatic rings. The summed E-state index contributed by atoms with van der Waals surface area (Å²) in [5.74, 6) is -0.506. The summed E-state index contributed by atoms with van der Waals surface area (Å²) in [5.41, 5.74) is 1.97. The number of benzene rings is 5. The van der Waals surface area contributed by atoms with Gasteiger partial charge in [-0.3, -0.25) is 9.59 Å². The molecule has 1 unspecified atom stereocenters. The van der Waals surface area contributed by atoms with Crippen LogP contribution in [0.1, 0.15) is 39.5 Å². The van der Waals surface area contributed by atoms with E-state index in [-0.39, 0.29) is 17.9 Å². The first-order valence-electron chi connectivity index (χ1n) is 14.1. The number of rotatable bonds is 11. The maximum absolute atomic E-state index is 13.7. The van der Waals surface area contributed by atoms with Gasteiger partial charge in [0.05, 0.1) is 23.6 Å². The molecule has 0 radical (unpaired) electrons. The van der Waals surface area contributed by atoms with Gasteiger partial charge < -0.3 is 19.9 Å². The van der Waals surface area contributed by atoms with Crippen LogP contribution in [0, 0.1) is 0 Å². The molecule has 0 bridgehead atoms. The van der Waals surface area contributed by atoms with Crippen molar-refractivity contribution in [1.82, 2.24) is 5.32 Å². The molecule has 0 saturated carbocycles. The van der Waals surface area contributed by atoms with Gasteiger partial charge in [-0.2, -0.15) is 13.2 Å². The molecule has 0 aromatic heterocycles. The van der Waals surface area contributed by atoms with Crippen LogP contribution in [0.2, 0.25) is 0 Å². The Morgan fingerprint density at radius 2 is 1.48 bits per heavy atom. The smallest absolute Gasteiger partial charge is 0.416 e. The SMILES string of the molecule is O=C(O)CC(NC(=O)c1cc(Br)ccc1OCc1ccc(C(F)(F)F)cc1)c1ccc(-c2ccccc2)c(Oc2ccccc2)c1. The fraction of sp³-hybridized carbons (Fsp3) is 0.111. The van der Waals surface area contributed by atoms with Gasteiger partial charge in [0.15, 0.2) is 0 Å². The summed E-state index contributed by atoms with van der Waals surface area (Å²) >= 11 is 3.36. The molecule has 0 heterocycles. The molecule has 0 aliphatic carbocycles. The number of carbonyl (C=O) groups excluding carboxylic acids is 1. The molecule has 234 valence electrons. The Hall–Kier alpha value is -5.09. The molecular weight excluding hydrogens is 663 g/mol. The van der Waals surface area contributed by atoms with Crippen molar-refractivity contribution < 1.29 is 37.3 Å². The average molecular weight is 691 g/mol. The van der Waals surface area contributed by atoms with Crippen molar-refractivity contribution in [3.05, 3.63) is 148 Å². The highest BCUT2D eigenvalue weighted by molar-refractivity contribution is 9.10. The lowest BCUT2D eigenvalue weighted by atomic mass is 9.97. The minimum atomic E-state index is -4.46. The summed E-state index contributed by atoms with van der Waals surface area (Å²) in [6.45, 7) is -0.0975. The highest BCUT2D eigenvalue weighted by Gasteiger charge is 2.30. The highest BCUT2D eigenvalue weighted by Crippen LogP contribution is 2.37. The number of alkyl halides is 3. The maximum Gasteiger partial charge on any atom is 0.416 e. The van der Waals surface area contributed by atoms with Gasteiger partial charge in [0.1, 0.15) is 23.9 Å². The summed E-state index contributed by atoms with van der Waals surface area (Å²) in [6, 6.07) is 32.3. The molecule has 0 aliphatic heterocycles. The monoisotopic (exact) mass is 689 g/mol. The van der Waals surface area contributed by atoms with Crippen LogP contribution in [0.25, 0.3) is 11.1 Å². The van der Waals surface area contributed by atoms with Crippen molar-refractivity contribution in [3.63, 3.8) is 0 Å². The third-order valence-electron chi connectivity index (χ3n) is 7.01. The largest absolute Gasteiger partial charge is 0.488 e. The van der Waals surface area contributed by atoms with E-state index in [0.717, 1.165) is 23.3 Å². The Balaban J connectivity index is 1.42. The third-order valence-corrected chi connectivity index (χ3v) is 7.50. The third kappa shape index (κ3) is 8.33. The number of carboxylic acids is 1. The molecule has 5 aromatic carbocycles. The van der Waals surface area contributed by atoms with E-state index in [1.807, 2.05) is 54.6 Å². The first kappa shape index (κ1) is 32.3. The van der Waals surface area contributed by atoms with E-state index in [9.17, 15) is 27.9 Å². The lowest BCUT2D eigenvalue weighted by Crippen LogP contribution is -2.30. The van der Waals surface area contributed by atoms with E-state index in [4.69, 9.17) is 9.47 Å². The van der Waals surface area contributed by atoms with Gasteiger partial charge in [-0.05, 0) is 65.2 Å². The zero-order chi connectivity index (χ0) is 32.7. The molecule has 2 N–H and O–H groups in total. The fourth-order valence-corrected chi connectivity index (χ4v) is 5.09. The van der Waals surface area contributed by atoms with Crippen LogP contribution < -0.4 is 14.8 Å². The van der Waals surface area contributed by atoms with Gasteiger partial charge in [0, 0.05) is 10.0 Å². The molecular formula is C36H27BrF3NO5. The number of para-hydroxylation sites is 1. The number of aliphatic carboxylic acids is 1. The van der Waals surface area contributed by atoms with Crippen LogP contribution in [-0.2, 0) is 17.6 Å². The number of carbonyl (C=O) groups is 2. The Kier molecular flexibility index (Phi) is 10.1. The van der Waals surface area contributed by atoms with Gasteiger partial charge in [-0.1, -0.05) is 88.7 Å². The van der Waals surface area contributed by atoms with Gasteiger partial charge in [-0.25, -0.2) is 0 Å². The van der Waals surface area contributed by atoms with Crippen LogP contribution in [0.3, 0.4) is 0 Å². The lowest BCUT2D eigenvalue weighted by Gasteiger charge is -2.21. The van der Waals surface area contributed by atoms with Crippen molar-refractivity contribution in [2.75, 3.05) is 0 Å². The van der Waals surface area contributed by atoms with Crippen LogP contribution in [0.5, 0.6) is 17.2 Å². The topological polar surface area (TPSA) is 84.9 Å². The van der Waals surface area contributed by atoms with E-state index in [2.05, 4.69) is 21.2 Å².